The van der Waals surface area contributed by atoms with Crippen LogP contribution in [0.4, 0.5) is 0 Å². The smallest absolute Gasteiger partial charge is 0.239 e. The summed E-state index contributed by atoms with van der Waals surface area (Å²) in [7, 11) is 3.22. The van der Waals surface area contributed by atoms with Crippen molar-refractivity contribution < 1.29 is 14.3 Å². The Labute approximate surface area is 97.9 Å². The topological polar surface area (TPSA) is 64.8 Å². The van der Waals surface area contributed by atoms with Crippen LogP contribution in [0.15, 0.2) is 0 Å². The molecule has 1 unspecified atom stereocenters. The second-order valence-electron chi connectivity index (χ2n) is 4.08. The number of rotatable bonds is 8. The molecule has 0 saturated carbocycles. The fourth-order valence-corrected chi connectivity index (χ4v) is 1.23. The fourth-order valence-electron chi connectivity index (χ4n) is 1.23. The number of nitrogens with zero attached hydrogens (tertiary/aromatic N) is 1. The molecular formula is C11H24N2O3. The van der Waals surface area contributed by atoms with Gasteiger partial charge in [-0.1, -0.05) is 13.8 Å². The lowest BCUT2D eigenvalue weighted by molar-refractivity contribution is -0.134. The highest BCUT2D eigenvalue weighted by Crippen LogP contribution is 2.03. The summed E-state index contributed by atoms with van der Waals surface area (Å²) in [5.74, 6) is 0.101. The van der Waals surface area contributed by atoms with Gasteiger partial charge in [-0.25, -0.2) is 0 Å². The summed E-state index contributed by atoms with van der Waals surface area (Å²) in [5, 5.41) is 0. The molecule has 0 aliphatic carbocycles. The maximum atomic E-state index is 12.0. The van der Waals surface area contributed by atoms with Crippen molar-refractivity contribution in [3.05, 3.63) is 0 Å². The SMILES string of the molecule is COCCN(CCOC)C(=O)C(N)C(C)C. The first-order valence-electron chi connectivity index (χ1n) is 5.56. The molecule has 5 nitrogen and oxygen atoms in total. The minimum atomic E-state index is -0.450. The molecule has 1 amide bonds. The van der Waals surface area contributed by atoms with E-state index in [0.29, 0.717) is 26.3 Å². The lowest BCUT2D eigenvalue weighted by Gasteiger charge is -2.26. The van der Waals surface area contributed by atoms with Crippen LogP contribution < -0.4 is 5.73 Å². The van der Waals surface area contributed by atoms with Crippen molar-refractivity contribution in [2.24, 2.45) is 11.7 Å². The Bertz CT molecular complexity index is 190. The van der Waals surface area contributed by atoms with Gasteiger partial charge in [0.1, 0.15) is 0 Å². The van der Waals surface area contributed by atoms with Crippen molar-refractivity contribution in [1.82, 2.24) is 4.90 Å². The highest BCUT2D eigenvalue weighted by molar-refractivity contribution is 5.81. The van der Waals surface area contributed by atoms with Gasteiger partial charge in [-0.3, -0.25) is 4.79 Å². The Morgan fingerprint density at radius 2 is 1.62 bits per heavy atom. The molecule has 0 fully saturated rings. The zero-order chi connectivity index (χ0) is 12.6. The van der Waals surface area contributed by atoms with Gasteiger partial charge in [-0.15, -0.1) is 0 Å². The molecule has 0 rings (SSSR count). The van der Waals surface area contributed by atoms with Crippen molar-refractivity contribution >= 4 is 5.91 Å². The summed E-state index contributed by atoms with van der Waals surface area (Å²) in [6.45, 7) is 6.01. The normalized spacial score (nSPS) is 12.9. The number of amides is 1. The lowest BCUT2D eigenvalue weighted by atomic mass is 10.0. The van der Waals surface area contributed by atoms with Crippen LogP contribution in [0.2, 0.25) is 0 Å². The fraction of sp³-hybridized carbons (Fsp3) is 0.909. The van der Waals surface area contributed by atoms with Gasteiger partial charge in [0, 0.05) is 27.3 Å². The Morgan fingerprint density at radius 3 is 1.94 bits per heavy atom. The quantitative estimate of drug-likeness (QED) is 0.644. The maximum absolute atomic E-state index is 12.0. The minimum absolute atomic E-state index is 0.0379. The first kappa shape index (κ1) is 15.3. The van der Waals surface area contributed by atoms with Crippen LogP contribution in [0.25, 0.3) is 0 Å². The molecule has 1 atom stereocenters. The van der Waals surface area contributed by atoms with Gasteiger partial charge in [0.05, 0.1) is 19.3 Å². The van der Waals surface area contributed by atoms with E-state index in [2.05, 4.69) is 0 Å². The van der Waals surface area contributed by atoms with Gasteiger partial charge in [-0.05, 0) is 5.92 Å². The molecule has 2 N–H and O–H groups in total. The average Bonchev–Trinajstić information content (AvgIpc) is 2.27. The Morgan fingerprint density at radius 1 is 1.19 bits per heavy atom. The van der Waals surface area contributed by atoms with Gasteiger partial charge >= 0.3 is 0 Å². The molecule has 5 heteroatoms. The third kappa shape index (κ3) is 5.44. The summed E-state index contributed by atoms with van der Waals surface area (Å²) in [6, 6.07) is -0.450. The molecule has 0 heterocycles. The summed E-state index contributed by atoms with van der Waals surface area (Å²) in [6.07, 6.45) is 0. The molecule has 0 aromatic heterocycles. The molecule has 0 bridgehead atoms. The average molecular weight is 232 g/mol. The van der Waals surface area contributed by atoms with E-state index in [1.165, 1.54) is 0 Å². The lowest BCUT2D eigenvalue weighted by Crippen LogP contribution is -2.48. The molecule has 16 heavy (non-hydrogen) atoms. The number of nitrogens with two attached hydrogens (primary N) is 1. The van der Waals surface area contributed by atoms with E-state index in [1.54, 1.807) is 19.1 Å². The van der Waals surface area contributed by atoms with Gasteiger partial charge < -0.3 is 20.1 Å². The van der Waals surface area contributed by atoms with E-state index in [-0.39, 0.29) is 11.8 Å². The number of methoxy groups -OCH3 is 2. The van der Waals surface area contributed by atoms with Gasteiger partial charge in [0.2, 0.25) is 5.91 Å². The van der Waals surface area contributed by atoms with Crippen LogP contribution in [-0.4, -0.2) is 57.4 Å². The van der Waals surface area contributed by atoms with Crippen LogP contribution in [0, 0.1) is 5.92 Å². The first-order valence-corrected chi connectivity index (χ1v) is 5.56. The highest BCUT2D eigenvalue weighted by atomic mass is 16.5. The molecule has 0 radical (unpaired) electrons. The maximum Gasteiger partial charge on any atom is 0.239 e. The van der Waals surface area contributed by atoms with Crippen molar-refractivity contribution in [3.8, 4) is 0 Å². The van der Waals surface area contributed by atoms with Crippen LogP contribution in [-0.2, 0) is 14.3 Å². The molecule has 0 aliphatic heterocycles. The van der Waals surface area contributed by atoms with Crippen LogP contribution in [0.1, 0.15) is 13.8 Å². The predicted octanol–water partition coefficient (Wildman–Crippen LogP) is 0.0911. The zero-order valence-electron chi connectivity index (χ0n) is 10.7. The molecule has 0 saturated heterocycles. The first-order chi connectivity index (χ1) is 7.54. The molecule has 0 aliphatic rings. The second kappa shape index (κ2) is 8.50. The van der Waals surface area contributed by atoms with Crippen LogP contribution >= 0.6 is 0 Å². The summed E-state index contributed by atoms with van der Waals surface area (Å²) in [5.41, 5.74) is 5.83. The molecule has 0 aromatic carbocycles. The van der Waals surface area contributed by atoms with Crippen LogP contribution in [0.3, 0.4) is 0 Å². The third-order valence-electron chi connectivity index (χ3n) is 2.45. The monoisotopic (exact) mass is 232 g/mol. The summed E-state index contributed by atoms with van der Waals surface area (Å²) < 4.78 is 9.93. The number of carbonyl (C=O) groups is 1. The van der Waals surface area contributed by atoms with Gasteiger partial charge in [-0.2, -0.15) is 0 Å². The number of hydrogen-bond acceptors (Lipinski definition) is 4. The van der Waals surface area contributed by atoms with E-state index < -0.39 is 6.04 Å². The van der Waals surface area contributed by atoms with E-state index in [4.69, 9.17) is 15.2 Å². The summed E-state index contributed by atoms with van der Waals surface area (Å²) in [4.78, 5) is 13.7. The standard InChI is InChI=1S/C11H24N2O3/c1-9(2)10(12)11(14)13(5-7-15-3)6-8-16-4/h9-10H,5-8,12H2,1-4H3. The molecular weight excluding hydrogens is 208 g/mol. The van der Waals surface area contributed by atoms with E-state index >= 15 is 0 Å². The number of hydrogen-bond donors (Lipinski definition) is 1. The second-order valence-corrected chi connectivity index (χ2v) is 4.08. The van der Waals surface area contributed by atoms with Gasteiger partial charge in [0.25, 0.3) is 0 Å². The largest absolute Gasteiger partial charge is 0.383 e. The van der Waals surface area contributed by atoms with Crippen molar-refractivity contribution in [3.63, 3.8) is 0 Å². The number of carbonyl (C=O) groups excluding carboxylic acids is 1. The Kier molecular flexibility index (Phi) is 8.15. The van der Waals surface area contributed by atoms with Gasteiger partial charge in [0.15, 0.2) is 0 Å². The van der Waals surface area contributed by atoms with Crippen molar-refractivity contribution in [2.45, 2.75) is 19.9 Å². The minimum Gasteiger partial charge on any atom is -0.383 e. The molecule has 0 spiro atoms. The molecule has 96 valence electrons. The van der Waals surface area contributed by atoms with Crippen molar-refractivity contribution in [2.75, 3.05) is 40.5 Å². The Hall–Kier alpha value is -0.650. The zero-order valence-corrected chi connectivity index (χ0v) is 10.7. The highest BCUT2D eigenvalue weighted by Gasteiger charge is 2.22. The third-order valence-corrected chi connectivity index (χ3v) is 2.45. The molecule has 0 aromatic rings. The number of ether oxygens (including phenoxy) is 2. The Balaban J connectivity index is 4.29. The van der Waals surface area contributed by atoms with Crippen LogP contribution in [0.5, 0.6) is 0 Å². The van der Waals surface area contributed by atoms with E-state index in [0.717, 1.165) is 0 Å². The summed E-state index contributed by atoms with van der Waals surface area (Å²) >= 11 is 0. The van der Waals surface area contributed by atoms with E-state index in [1.807, 2.05) is 13.8 Å². The van der Waals surface area contributed by atoms with E-state index in [9.17, 15) is 4.79 Å². The van der Waals surface area contributed by atoms with Crippen molar-refractivity contribution in [1.29, 1.82) is 0 Å². The predicted molar refractivity (Wildman–Crippen MR) is 63.1 cm³/mol.